The number of amides is 3. The van der Waals surface area contributed by atoms with Crippen molar-refractivity contribution in [1.29, 1.82) is 0 Å². The van der Waals surface area contributed by atoms with E-state index in [0.717, 1.165) is 63.0 Å². The fraction of sp³-hybridized carbons (Fsp3) is 0.706. The summed E-state index contributed by atoms with van der Waals surface area (Å²) in [4.78, 5) is 22.9. The van der Waals surface area contributed by atoms with Gasteiger partial charge in [-0.25, -0.2) is 22.9 Å². The molecule has 0 saturated carbocycles. The van der Waals surface area contributed by atoms with E-state index < -0.39 is 16.1 Å². The summed E-state index contributed by atoms with van der Waals surface area (Å²) in [5.41, 5.74) is 4.39. The Balaban J connectivity index is 0.000000375. The molecule has 51 heavy (non-hydrogen) atoms. The van der Waals surface area contributed by atoms with Gasteiger partial charge in [-0.1, -0.05) is 49.6 Å². The molecule has 17 heteroatoms. The third-order valence-electron chi connectivity index (χ3n) is 7.44. The lowest BCUT2D eigenvalue weighted by molar-refractivity contribution is -0.121. The highest BCUT2D eigenvalue weighted by Gasteiger charge is 2.19. The van der Waals surface area contributed by atoms with Crippen LogP contribution in [0.4, 0.5) is 4.79 Å². The molecule has 16 nitrogen and oxygen atoms in total. The lowest BCUT2D eigenvalue weighted by Crippen LogP contribution is -2.49. The van der Waals surface area contributed by atoms with E-state index >= 15 is 0 Å². The third kappa shape index (κ3) is 21.7. The monoisotopic (exact) mass is 741 g/mol. The zero-order valence-corrected chi connectivity index (χ0v) is 31.6. The second-order valence-electron chi connectivity index (χ2n) is 12.3. The molecule has 1 saturated heterocycles. The summed E-state index contributed by atoms with van der Waals surface area (Å²) in [5, 5.41) is 12.5. The number of hydrazine groups is 1. The highest BCUT2D eigenvalue weighted by Crippen LogP contribution is 2.11. The predicted octanol–water partition coefficient (Wildman–Crippen LogP) is 2.82. The lowest BCUT2D eigenvalue weighted by atomic mass is 10.1. The van der Waals surface area contributed by atoms with E-state index in [9.17, 15) is 18.0 Å². The minimum Gasteiger partial charge on any atom is -0.379 e. The van der Waals surface area contributed by atoms with Crippen molar-refractivity contribution in [3.05, 3.63) is 41.7 Å². The van der Waals surface area contributed by atoms with Gasteiger partial charge in [0, 0.05) is 33.1 Å². The molecule has 0 bridgehead atoms. The first-order valence-corrected chi connectivity index (χ1v) is 19.2. The number of hydrogen-bond acceptors (Lipinski definition) is 12. The van der Waals surface area contributed by atoms with E-state index in [1.807, 2.05) is 22.5 Å². The van der Waals surface area contributed by atoms with E-state index in [1.54, 1.807) is 24.2 Å². The molecule has 0 spiro atoms. The highest BCUT2D eigenvalue weighted by molar-refractivity contribution is 7.90. The summed E-state index contributed by atoms with van der Waals surface area (Å²) in [6, 6.07) is 5.65. The van der Waals surface area contributed by atoms with Gasteiger partial charge in [-0.05, 0) is 44.2 Å². The van der Waals surface area contributed by atoms with Crippen molar-refractivity contribution in [2.45, 2.75) is 77.3 Å². The molecule has 1 aromatic carbocycles. The molecular formula is C34H59N7O9S. The number of sulfonamides is 1. The van der Waals surface area contributed by atoms with Gasteiger partial charge in [0.05, 0.1) is 77.2 Å². The van der Waals surface area contributed by atoms with E-state index in [4.69, 9.17) is 23.7 Å². The van der Waals surface area contributed by atoms with E-state index in [1.165, 1.54) is 12.1 Å². The second kappa shape index (κ2) is 26.6. The number of ether oxygens (including phenoxy) is 5. The molecule has 2 aromatic rings. The summed E-state index contributed by atoms with van der Waals surface area (Å²) < 4.78 is 55.1. The lowest BCUT2D eigenvalue weighted by Gasteiger charge is -2.20. The van der Waals surface area contributed by atoms with Crippen LogP contribution in [0.3, 0.4) is 0 Å². The van der Waals surface area contributed by atoms with Gasteiger partial charge in [0.25, 0.3) is 10.0 Å². The number of nitrogens with zero attached hydrogens (tertiary/aromatic N) is 4. The van der Waals surface area contributed by atoms with Crippen LogP contribution >= 0.6 is 0 Å². The quantitative estimate of drug-likeness (QED) is 0.142. The fourth-order valence-corrected chi connectivity index (χ4v) is 5.40. The molecule has 1 aromatic heterocycles. The van der Waals surface area contributed by atoms with Crippen molar-refractivity contribution in [3.63, 3.8) is 0 Å². The van der Waals surface area contributed by atoms with Crippen molar-refractivity contribution in [3.8, 4) is 0 Å². The van der Waals surface area contributed by atoms with Crippen molar-refractivity contribution >= 4 is 22.0 Å². The first-order valence-electron chi connectivity index (χ1n) is 17.7. The Morgan fingerprint density at radius 1 is 0.824 bits per heavy atom. The van der Waals surface area contributed by atoms with E-state index in [2.05, 4.69) is 34.9 Å². The SMILES string of the molecule is CNC(=O)CCOCCOCCOCCOCCOCc1cn(CCC(C)C)nn1.Cc1ccc(S(=O)(=O)NC(=O)NN2CCCCCC2)cc1. The van der Waals surface area contributed by atoms with Crippen LogP contribution in [0.25, 0.3) is 0 Å². The molecule has 3 amide bonds. The maximum atomic E-state index is 12.1. The Morgan fingerprint density at radius 3 is 1.92 bits per heavy atom. The minimum absolute atomic E-state index is 0.0281. The molecule has 0 atom stereocenters. The molecule has 290 valence electrons. The Bertz CT molecular complexity index is 1320. The van der Waals surface area contributed by atoms with Gasteiger partial charge in [0.2, 0.25) is 5.91 Å². The first-order chi connectivity index (χ1) is 24.6. The minimum atomic E-state index is -3.82. The molecule has 0 radical (unpaired) electrons. The molecule has 1 aliphatic rings. The van der Waals surface area contributed by atoms with Gasteiger partial charge in [0.1, 0.15) is 5.69 Å². The molecule has 2 heterocycles. The van der Waals surface area contributed by atoms with Crippen LogP contribution in [0.2, 0.25) is 0 Å². The number of urea groups is 1. The molecule has 3 rings (SSSR count). The third-order valence-corrected chi connectivity index (χ3v) is 8.78. The molecule has 3 N–H and O–H groups in total. The summed E-state index contributed by atoms with van der Waals surface area (Å²) in [6.07, 6.45) is 7.67. The number of benzene rings is 1. The van der Waals surface area contributed by atoms with Crippen LogP contribution in [0, 0.1) is 12.8 Å². The van der Waals surface area contributed by atoms with Crippen LogP contribution in [-0.4, -0.2) is 120 Å². The topological polar surface area (TPSA) is 184 Å². The zero-order valence-electron chi connectivity index (χ0n) is 30.8. The van der Waals surface area contributed by atoms with Gasteiger partial charge in [-0.3, -0.25) is 14.9 Å². The fourth-order valence-electron chi connectivity index (χ4n) is 4.50. The summed E-state index contributed by atoms with van der Waals surface area (Å²) >= 11 is 0. The number of carbonyl (C=O) groups is 2. The maximum Gasteiger partial charge on any atom is 0.343 e. The van der Waals surface area contributed by atoms with Crippen LogP contribution < -0.4 is 15.5 Å². The number of rotatable bonds is 23. The van der Waals surface area contributed by atoms with Gasteiger partial charge < -0.3 is 29.0 Å². The van der Waals surface area contributed by atoms with Gasteiger partial charge in [0.15, 0.2) is 0 Å². The smallest absolute Gasteiger partial charge is 0.343 e. The summed E-state index contributed by atoms with van der Waals surface area (Å²) in [6.45, 7) is 13.5. The summed E-state index contributed by atoms with van der Waals surface area (Å²) in [7, 11) is -2.22. The van der Waals surface area contributed by atoms with E-state index in [0.29, 0.717) is 78.4 Å². The average molecular weight is 742 g/mol. The van der Waals surface area contributed by atoms with Crippen LogP contribution in [-0.2, 0) is 51.7 Å². The maximum absolute atomic E-state index is 12.1. The Hall–Kier alpha value is -3.19. The number of aryl methyl sites for hydroxylation is 2. The summed E-state index contributed by atoms with van der Waals surface area (Å²) in [5.74, 6) is 0.619. The number of aromatic nitrogens is 3. The van der Waals surface area contributed by atoms with Crippen molar-refractivity contribution in [1.82, 2.24) is 35.5 Å². The second-order valence-corrected chi connectivity index (χ2v) is 14.0. The van der Waals surface area contributed by atoms with Crippen molar-refractivity contribution in [2.24, 2.45) is 5.92 Å². The molecular weight excluding hydrogens is 682 g/mol. The Kier molecular flexibility index (Phi) is 22.9. The number of hydrogen-bond donors (Lipinski definition) is 3. The molecule has 0 aliphatic carbocycles. The predicted molar refractivity (Wildman–Crippen MR) is 191 cm³/mol. The molecule has 1 fully saturated rings. The van der Waals surface area contributed by atoms with E-state index in [-0.39, 0.29) is 10.8 Å². The van der Waals surface area contributed by atoms with Crippen LogP contribution in [0.5, 0.6) is 0 Å². The first kappa shape index (κ1) is 44.0. The van der Waals surface area contributed by atoms with Gasteiger partial charge in [-0.15, -0.1) is 5.10 Å². The van der Waals surface area contributed by atoms with Crippen molar-refractivity contribution < 1.29 is 41.7 Å². The number of nitrogens with one attached hydrogen (secondary N) is 3. The highest BCUT2D eigenvalue weighted by atomic mass is 32.2. The molecule has 1 aliphatic heterocycles. The van der Waals surface area contributed by atoms with Crippen molar-refractivity contribution in [2.75, 3.05) is 79.6 Å². The average Bonchev–Trinajstić information content (AvgIpc) is 3.40. The largest absolute Gasteiger partial charge is 0.379 e. The number of carbonyl (C=O) groups excluding carboxylic acids is 2. The van der Waals surface area contributed by atoms with Gasteiger partial charge in [-0.2, -0.15) is 0 Å². The Labute approximate surface area is 303 Å². The molecule has 0 unspecified atom stereocenters. The normalized spacial score (nSPS) is 13.7. The zero-order chi connectivity index (χ0) is 37.2. The standard InChI is InChI=1S/C20H38N4O6.C14H21N3O3S/c1-18(2)4-6-24-16-19(22-23-24)17-30-15-14-29-13-12-28-11-10-27-9-8-26-7-5-20(25)21-3;1-12-6-8-13(9-7-12)21(19,20)16-14(18)15-17-10-4-2-3-5-11-17/h16,18H,4-15,17H2,1-3H3,(H,21,25);6-9H,2-5,10-11H2,1H3,(H2,15,16,18). The van der Waals surface area contributed by atoms with Crippen LogP contribution in [0.15, 0.2) is 35.4 Å². The van der Waals surface area contributed by atoms with Gasteiger partial charge >= 0.3 is 6.03 Å². The van der Waals surface area contributed by atoms with Crippen LogP contribution in [0.1, 0.15) is 63.6 Å². The Morgan fingerprint density at radius 2 is 1.37 bits per heavy atom.